The number of amides is 1. The topological polar surface area (TPSA) is 80.6 Å². The van der Waals surface area contributed by atoms with E-state index in [0.29, 0.717) is 22.8 Å². The van der Waals surface area contributed by atoms with E-state index in [4.69, 9.17) is 19.5 Å². The van der Waals surface area contributed by atoms with Gasteiger partial charge < -0.3 is 19.5 Å². The monoisotopic (exact) mass is 290 g/mol. The van der Waals surface area contributed by atoms with Crippen molar-refractivity contribution in [2.75, 3.05) is 21.3 Å². The van der Waals surface area contributed by atoms with Crippen LogP contribution in [0.5, 0.6) is 17.2 Å². The molecule has 1 aromatic rings. The highest BCUT2D eigenvalue weighted by Crippen LogP contribution is 2.35. The van der Waals surface area contributed by atoms with Crippen molar-refractivity contribution in [3.05, 3.63) is 17.7 Å². The van der Waals surface area contributed by atoms with Gasteiger partial charge in [-0.15, -0.1) is 0 Å². The highest BCUT2D eigenvalue weighted by molar-refractivity contribution is 5.98. The standard InChI is InChI=1S/C15H18N2O4/c1-19-12-7-14(21-3)13(20-2)6-10(12)15(18)17-11(8-16)9-4-5-9/h6-7,9,11H,4-5H2,1-3H3,(H,17,18). The molecule has 112 valence electrons. The highest BCUT2D eigenvalue weighted by Gasteiger charge is 2.33. The van der Waals surface area contributed by atoms with Gasteiger partial charge in [0.2, 0.25) is 0 Å². The van der Waals surface area contributed by atoms with Gasteiger partial charge in [-0.3, -0.25) is 4.79 Å². The van der Waals surface area contributed by atoms with E-state index in [1.165, 1.54) is 21.3 Å². The van der Waals surface area contributed by atoms with Crippen LogP contribution >= 0.6 is 0 Å². The van der Waals surface area contributed by atoms with Gasteiger partial charge in [-0.05, 0) is 18.8 Å². The fourth-order valence-electron chi connectivity index (χ4n) is 2.11. The van der Waals surface area contributed by atoms with Crippen LogP contribution in [0.4, 0.5) is 0 Å². The molecule has 6 heteroatoms. The van der Waals surface area contributed by atoms with E-state index in [1.54, 1.807) is 12.1 Å². The SMILES string of the molecule is COc1cc(OC)c(C(=O)NC(C#N)C2CC2)cc1OC. The van der Waals surface area contributed by atoms with Crippen LogP contribution in [0, 0.1) is 17.2 Å². The number of nitrogens with one attached hydrogen (secondary N) is 1. The molecule has 1 atom stereocenters. The first-order valence-electron chi connectivity index (χ1n) is 6.65. The Morgan fingerprint density at radius 2 is 1.76 bits per heavy atom. The first-order chi connectivity index (χ1) is 10.1. The molecule has 1 amide bonds. The van der Waals surface area contributed by atoms with Gasteiger partial charge in [0.25, 0.3) is 5.91 Å². The third kappa shape index (κ3) is 3.19. The molecule has 1 aromatic carbocycles. The van der Waals surface area contributed by atoms with Crippen molar-refractivity contribution in [1.29, 1.82) is 5.26 Å². The number of ether oxygens (including phenoxy) is 3. The Labute approximate surface area is 123 Å². The van der Waals surface area contributed by atoms with Crippen LogP contribution in [0.3, 0.4) is 0 Å². The van der Waals surface area contributed by atoms with Crippen LogP contribution in [0.25, 0.3) is 0 Å². The van der Waals surface area contributed by atoms with E-state index in [9.17, 15) is 4.79 Å². The second-order valence-electron chi connectivity index (χ2n) is 4.83. The lowest BCUT2D eigenvalue weighted by Crippen LogP contribution is -2.35. The quantitative estimate of drug-likeness (QED) is 0.863. The summed E-state index contributed by atoms with van der Waals surface area (Å²) >= 11 is 0. The predicted octanol–water partition coefficient (Wildman–Crippen LogP) is 1.74. The molecule has 1 unspecified atom stereocenters. The van der Waals surface area contributed by atoms with Gasteiger partial charge in [-0.1, -0.05) is 0 Å². The lowest BCUT2D eigenvalue weighted by molar-refractivity contribution is 0.0938. The molecule has 0 aromatic heterocycles. The second kappa shape index (κ2) is 6.35. The van der Waals surface area contributed by atoms with Crippen LogP contribution in [0.15, 0.2) is 12.1 Å². The largest absolute Gasteiger partial charge is 0.496 e. The Balaban J connectivity index is 2.28. The number of methoxy groups -OCH3 is 3. The van der Waals surface area contributed by atoms with E-state index in [1.807, 2.05) is 0 Å². The lowest BCUT2D eigenvalue weighted by Gasteiger charge is -2.15. The molecule has 1 saturated carbocycles. The zero-order chi connectivity index (χ0) is 15.4. The Hall–Kier alpha value is -2.42. The average molecular weight is 290 g/mol. The summed E-state index contributed by atoms with van der Waals surface area (Å²) in [4.78, 5) is 12.4. The van der Waals surface area contributed by atoms with Crippen LogP contribution in [0.1, 0.15) is 23.2 Å². The number of nitrogens with zero attached hydrogens (tertiary/aromatic N) is 1. The van der Waals surface area contributed by atoms with Gasteiger partial charge in [0, 0.05) is 12.1 Å². The molecule has 6 nitrogen and oxygen atoms in total. The molecule has 0 aliphatic heterocycles. The molecule has 1 N–H and O–H groups in total. The fraction of sp³-hybridized carbons (Fsp3) is 0.467. The molecule has 1 fully saturated rings. The Kier molecular flexibility index (Phi) is 4.53. The van der Waals surface area contributed by atoms with Gasteiger partial charge in [-0.2, -0.15) is 5.26 Å². The fourth-order valence-corrected chi connectivity index (χ4v) is 2.11. The maximum absolute atomic E-state index is 12.4. The summed E-state index contributed by atoms with van der Waals surface area (Å²) in [5.74, 6) is 1.18. The highest BCUT2D eigenvalue weighted by atomic mass is 16.5. The minimum absolute atomic E-state index is 0.255. The second-order valence-corrected chi connectivity index (χ2v) is 4.83. The maximum atomic E-state index is 12.4. The average Bonchev–Trinajstić information content (AvgIpc) is 3.35. The van der Waals surface area contributed by atoms with Gasteiger partial charge >= 0.3 is 0 Å². The molecule has 0 bridgehead atoms. The smallest absolute Gasteiger partial charge is 0.256 e. The first kappa shape index (κ1) is 15.0. The third-order valence-electron chi connectivity index (χ3n) is 3.47. The van der Waals surface area contributed by atoms with Crippen molar-refractivity contribution in [3.63, 3.8) is 0 Å². The minimum atomic E-state index is -0.463. The number of benzene rings is 1. The number of carbonyl (C=O) groups excluding carboxylic acids is 1. The number of nitriles is 1. The Morgan fingerprint density at radius 3 is 2.24 bits per heavy atom. The molecular weight excluding hydrogens is 272 g/mol. The van der Waals surface area contributed by atoms with Crippen molar-refractivity contribution < 1.29 is 19.0 Å². The first-order valence-corrected chi connectivity index (χ1v) is 6.65. The Bertz CT molecular complexity index is 576. The molecule has 0 heterocycles. The summed E-state index contributed by atoms with van der Waals surface area (Å²) in [7, 11) is 4.48. The molecule has 0 spiro atoms. The van der Waals surface area contributed by atoms with Crippen LogP contribution in [-0.2, 0) is 0 Å². The van der Waals surface area contributed by atoms with Gasteiger partial charge in [0.05, 0.1) is 33.0 Å². The molecular formula is C15H18N2O4. The predicted molar refractivity (Wildman–Crippen MR) is 75.7 cm³/mol. The van der Waals surface area contributed by atoms with Crippen molar-refractivity contribution in [1.82, 2.24) is 5.32 Å². The van der Waals surface area contributed by atoms with E-state index in [2.05, 4.69) is 11.4 Å². The van der Waals surface area contributed by atoms with Crippen LogP contribution < -0.4 is 19.5 Å². The third-order valence-corrected chi connectivity index (χ3v) is 3.47. The van der Waals surface area contributed by atoms with Crippen LogP contribution in [0.2, 0.25) is 0 Å². The van der Waals surface area contributed by atoms with Gasteiger partial charge in [0.15, 0.2) is 11.5 Å². The summed E-state index contributed by atoms with van der Waals surface area (Å²) in [5.41, 5.74) is 0.316. The number of hydrogen-bond acceptors (Lipinski definition) is 5. The summed E-state index contributed by atoms with van der Waals surface area (Å²) in [5, 5.41) is 11.8. The lowest BCUT2D eigenvalue weighted by atomic mass is 10.1. The van der Waals surface area contributed by atoms with E-state index in [0.717, 1.165) is 12.8 Å². The normalized spacial score (nSPS) is 14.8. The molecule has 0 radical (unpaired) electrons. The van der Waals surface area contributed by atoms with Crippen molar-refractivity contribution in [2.45, 2.75) is 18.9 Å². The van der Waals surface area contributed by atoms with Gasteiger partial charge in [-0.25, -0.2) is 0 Å². The van der Waals surface area contributed by atoms with E-state index < -0.39 is 6.04 Å². The maximum Gasteiger partial charge on any atom is 0.256 e. The molecule has 1 aliphatic carbocycles. The van der Waals surface area contributed by atoms with Gasteiger partial charge in [0.1, 0.15) is 11.8 Å². The molecule has 1 aliphatic rings. The minimum Gasteiger partial charge on any atom is -0.496 e. The van der Waals surface area contributed by atoms with Crippen molar-refractivity contribution >= 4 is 5.91 Å². The molecule has 21 heavy (non-hydrogen) atoms. The van der Waals surface area contributed by atoms with Crippen LogP contribution in [-0.4, -0.2) is 33.3 Å². The van der Waals surface area contributed by atoms with Crippen molar-refractivity contribution in [3.8, 4) is 23.3 Å². The zero-order valence-electron chi connectivity index (χ0n) is 12.3. The zero-order valence-corrected chi connectivity index (χ0v) is 12.3. The summed E-state index contributed by atoms with van der Waals surface area (Å²) in [6, 6.07) is 4.80. The number of carbonyl (C=O) groups is 1. The summed E-state index contributed by atoms with van der Waals surface area (Å²) in [6.45, 7) is 0. The summed E-state index contributed by atoms with van der Waals surface area (Å²) < 4.78 is 15.6. The molecule has 0 saturated heterocycles. The summed E-state index contributed by atoms with van der Waals surface area (Å²) in [6.07, 6.45) is 1.95. The van der Waals surface area contributed by atoms with E-state index in [-0.39, 0.29) is 11.8 Å². The molecule has 2 rings (SSSR count). The van der Waals surface area contributed by atoms with E-state index >= 15 is 0 Å². The number of rotatable bonds is 6. The van der Waals surface area contributed by atoms with Crippen molar-refractivity contribution in [2.24, 2.45) is 5.92 Å². The Morgan fingerprint density at radius 1 is 1.19 bits per heavy atom. The number of hydrogen-bond donors (Lipinski definition) is 1.